The van der Waals surface area contributed by atoms with Gasteiger partial charge >= 0.3 is 5.97 Å². The Hall–Kier alpha value is -3.47. The van der Waals surface area contributed by atoms with E-state index in [-0.39, 0.29) is 6.61 Å². The van der Waals surface area contributed by atoms with Crippen molar-refractivity contribution in [2.24, 2.45) is 0 Å². The monoisotopic (exact) mass is 478 g/mol. The molecule has 0 aromatic heterocycles. The molecule has 0 amide bonds. The van der Waals surface area contributed by atoms with E-state index in [2.05, 4.69) is 24.3 Å². The van der Waals surface area contributed by atoms with Crippen molar-refractivity contribution in [3.05, 3.63) is 100 Å². The molecule has 0 atom stereocenters. The fourth-order valence-electron chi connectivity index (χ4n) is 3.34. The summed E-state index contributed by atoms with van der Waals surface area (Å²) in [5, 5.41) is 3.15. The first-order valence-electron chi connectivity index (χ1n) is 10.2. The molecule has 0 aliphatic rings. The molecule has 0 saturated heterocycles. The summed E-state index contributed by atoms with van der Waals surface area (Å²) in [4.78, 5) is 12.3. The van der Waals surface area contributed by atoms with Crippen LogP contribution in [0.3, 0.4) is 0 Å². The molecule has 4 rings (SSSR count). The molecule has 6 heteroatoms. The minimum absolute atomic E-state index is 0.301. The molecule has 0 spiro atoms. The van der Waals surface area contributed by atoms with Gasteiger partial charge in [0.25, 0.3) is 0 Å². The van der Waals surface area contributed by atoms with E-state index in [4.69, 9.17) is 37.4 Å². The van der Waals surface area contributed by atoms with Crippen LogP contribution in [0, 0.1) is 0 Å². The minimum atomic E-state index is -0.585. The maximum atomic E-state index is 12.3. The van der Waals surface area contributed by atoms with Gasteiger partial charge in [0.2, 0.25) is 0 Å². The zero-order valence-corrected chi connectivity index (χ0v) is 19.3. The number of fused-ring (bicyclic) bond motifs is 1. The summed E-state index contributed by atoms with van der Waals surface area (Å²) >= 11 is 11.9. The number of benzene rings is 4. The molecule has 4 aromatic carbocycles. The maximum absolute atomic E-state index is 12.3. The summed E-state index contributed by atoms with van der Waals surface area (Å²) in [6.45, 7) is -0.312. The molecule has 4 nitrogen and oxygen atoms in total. The van der Waals surface area contributed by atoms with Crippen LogP contribution in [-0.4, -0.2) is 19.7 Å². The van der Waals surface area contributed by atoms with E-state index in [9.17, 15) is 4.79 Å². The first-order valence-corrected chi connectivity index (χ1v) is 10.9. The molecule has 0 N–H and O–H groups in total. The van der Waals surface area contributed by atoms with E-state index in [1.54, 1.807) is 24.3 Å². The van der Waals surface area contributed by atoms with Crippen molar-refractivity contribution in [2.45, 2.75) is 0 Å². The zero-order chi connectivity index (χ0) is 23.2. The standard InChI is InChI=1S/C27H20Cl2O4/c1-31-26-15-18(9-11-20-7-4-6-19-5-2-3-8-22(19)20)10-13-25(26)33-27(30)17-32-24-14-12-21(28)16-23(24)29/h2-16H,17H2,1H3. The number of ether oxygens (including phenoxy) is 3. The van der Waals surface area contributed by atoms with Crippen molar-refractivity contribution in [1.29, 1.82) is 0 Å². The Balaban J connectivity index is 1.45. The lowest BCUT2D eigenvalue weighted by molar-refractivity contribution is -0.136. The first-order chi connectivity index (χ1) is 16.0. The van der Waals surface area contributed by atoms with Crippen molar-refractivity contribution >= 4 is 52.1 Å². The number of methoxy groups -OCH3 is 1. The van der Waals surface area contributed by atoms with E-state index < -0.39 is 5.97 Å². The van der Waals surface area contributed by atoms with Gasteiger partial charge in [0.1, 0.15) is 5.75 Å². The number of hydrogen-bond acceptors (Lipinski definition) is 4. The van der Waals surface area contributed by atoms with Crippen LogP contribution in [0.5, 0.6) is 17.2 Å². The summed E-state index contributed by atoms with van der Waals surface area (Å²) in [6, 6.07) is 24.5. The molecule has 0 aliphatic carbocycles. The molecule has 166 valence electrons. The average molecular weight is 479 g/mol. The van der Waals surface area contributed by atoms with Gasteiger partial charge in [0.05, 0.1) is 12.1 Å². The van der Waals surface area contributed by atoms with Gasteiger partial charge in [-0.15, -0.1) is 0 Å². The lowest BCUT2D eigenvalue weighted by Gasteiger charge is -2.11. The summed E-state index contributed by atoms with van der Waals surface area (Å²) in [7, 11) is 1.52. The van der Waals surface area contributed by atoms with E-state index in [1.807, 2.05) is 36.4 Å². The third kappa shape index (κ3) is 5.67. The van der Waals surface area contributed by atoms with Gasteiger partial charge in [-0.2, -0.15) is 0 Å². The van der Waals surface area contributed by atoms with Gasteiger partial charge < -0.3 is 14.2 Å². The van der Waals surface area contributed by atoms with Gasteiger partial charge in [-0.1, -0.05) is 83.9 Å². The normalized spacial score (nSPS) is 11.0. The van der Waals surface area contributed by atoms with Gasteiger partial charge in [0, 0.05) is 5.02 Å². The highest BCUT2D eigenvalue weighted by atomic mass is 35.5. The van der Waals surface area contributed by atoms with Gasteiger partial charge in [-0.05, 0) is 52.2 Å². The van der Waals surface area contributed by atoms with Crippen LogP contribution in [0.25, 0.3) is 22.9 Å². The molecule has 33 heavy (non-hydrogen) atoms. The number of halogens is 2. The SMILES string of the molecule is COc1cc(C=Cc2cccc3ccccc23)ccc1OC(=O)COc1ccc(Cl)cc1Cl. The van der Waals surface area contributed by atoms with Crippen molar-refractivity contribution in [3.8, 4) is 17.2 Å². The van der Waals surface area contributed by atoms with Crippen LogP contribution in [0.4, 0.5) is 0 Å². The number of esters is 1. The Kier molecular flexibility index (Phi) is 7.18. The zero-order valence-electron chi connectivity index (χ0n) is 17.8. The summed E-state index contributed by atoms with van der Waals surface area (Å²) in [6.07, 6.45) is 4.04. The fraction of sp³-hybridized carbons (Fsp3) is 0.0741. The molecule has 0 radical (unpaired) electrons. The van der Waals surface area contributed by atoms with Crippen molar-refractivity contribution < 1.29 is 19.0 Å². The van der Waals surface area contributed by atoms with Crippen LogP contribution in [0.2, 0.25) is 10.0 Å². The Morgan fingerprint density at radius 1 is 0.848 bits per heavy atom. The number of hydrogen-bond donors (Lipinski definition) is 0. The second-order valence-electron chi connectivity index (χ2n) is 7.15. The third-order valence-electron chi connectivity index (χ3n) is 4.93. The van der Waals surface area contributed by atoms with Crippen molar-refractivity contribution in [1.82, 2.24) is 0 Å². The van der Waals surface area contributed by atoms with Gasteiger partial charge in [-0.25, -0.2) is 4.79 Å². The second-order valence-corrected chi connectivity index (χ2v) is 7.99. The Bertz CT molecular complexity index is 1330. The highest BCUT2D eigenvalue weighted by Crippen LogP contribution is 2.30. The van der Waals surface area contributed by atoms with Crippen LogP contribution < -0.4 is 14.2 Å². The van der Waals surface area contributed by atoms with E-state index in [0.29, 0.717) is 27.3 Å². The molecule has 0 aliphatic heterocycles. The topological polar surface area (TPSA) is 44.8 Å². The predicted molar refractivity (Wildman–Crippen MR) is 133 cm³/mol. The van der Waals surface area contributed by atoms with E-state index >= 15 is 0 Å². The van der Waals surface area contributed by atoms with Gasteiger partial charge in [0.15, 0.2) is 18.1 Å². The van der Waals surface area contributed by atoms with Gasteiger partial charge in [-0.3, -0.25) is 0 Å². The Morgan fingerprint density at radius 3 is 2.45 bits per heavy atom. The molecule has 0 unspecified atom stereocenters. The summed E-state index contributed by atoms with van der Waals surface area (Å²) in [5.41, 5.74) is 2.02. The smallest absolute Gasteiger partial charge is 0.349 e. The fourth-order valence-corrected chi connectivity index (χ4v) is 3.80. The van der Waals surface area contributed by atoms with E-state index in [0.717, 1.165) is 11.1 Å². The average Bonchev–Trinajstić information content (AvgIpc) is 2.82. The predicted octanol–water partition coefficient (Wildman–Crippen LogP) is 7.31. The molecule has 0 heterocycles. The van der Waals surface area contributed by atoms with Crippen LogP contribution >= 0.6 is 23.2 Å². The van der Waals surface area contributed by atoms with Crippen molar-refractivity contribution in [2.75, 3.05) is 13.7 Å². The molecule has 0 bridgehead atoms. The lowest BCUT2D eigenvalue weighted by atomic mass is 10.0. The highest BCUT2D eigenvalue weighted by Gasteiger charge is 2.12. The molecular weight excluding hydrogens is 459 g/mol. The summed E-state index contributed by atoms with van der Waals surface area (Å²) in [5.74, 6) is 0.501. The second kappa shape index (κ2) is 10.4. The first kappa shape index (κ1) is 22.7. The number of carbonyl (C=O) groups is 1. The molecular formula is C27H20Cl2O4. The number of rotatable bonds is 7. The molecule has 0 fully saturated rings. The van der Waals surface area contributed by atoms with Crippen molar-refractivity contribution in [3.63, 3.8) is 0 Å². The molecule has 4 aromatic rings. The third-order valence-corrected chi connectivity index (χ3v) is 5.46. The minimum Gasteiger partial charge on any atom is -0.493 e. The van der Waals surface area contributed by atoms with Crippen LogP contribution in [0.1, 0.15) is 11.1 Å². The number of carbonyl (C=O) groups excluding carboxylic acids is 1. The highest BCUT2D eigenvalue weighted by molar-refractivity contribution is 6.35. The lowest BCUT2D eigenvalue weighted by Crippen LogP contribution is -2.18. The largest absolute Gasteiger partial charge is 0.493 e. The van der Waals surface area contributed by atoms with Crippen LogP contribution in [-0.2, 0) is 4.79 Å². The Labute approximate surface area is 201 Å². The van der Waals surface area contributed by atoms with E-state index in [1.165, 1.54) is 23.9 Å². The molecule has 0 saturated carbocycles. The quantitative estimate of drug-likeness (QED) is 0.158. The van der Waals surface area contributed by atoms with Crippen LogP contribution in [0.15, 0.2) is 78.9 Å². The Morgan fingerprint density at radius 2 is 1.64 bits per heavy atom. The maximum Gasteiger partial charge on any atom is 0.349 e. The summed E-state index contributed by atoms with van der Waals surface area (Å²) < 4.78 is 16.3.